The Labute approximate surface area is 132 Å². The van der Waals surface area contributed by atoms with Gasteiger partial charge in [-0.15, -0.1) is 11.3 Å². The molecule has 2 aromatic heterocycles. The van der Waals surface area contributed by atoms with Crippen molar-refractivity contribution >= 4 is 28.5 Å². The van der Waals surface area contributed by atoms with Gasteiger partial charge in [0.25, 0.3) is 5.91 Å². The largest absolute Gasteiger partial charge is 0.378 e. The van der Waals surface area contributed by atoms with Crippen molar-refractivity contribution in [3.63, 3.8) is 0 Å². The van der Waals surface area contributed by atoms with Crippen LogP contribution in [0, 0.1) is 0 Å². The molecule has 0 atom stereocenters. The van der Waals surface area contributed by atoms with Gasteiger partial charge >= 0.3 is 0 Å². The van der Waals surface area contributed by atoms with Gasteiger partial charge in [-0.25, -0.2) is 5.43 Å². The smallest absolute Gasteiger partial charge is 0.272 e. The Hall–Kier alpha value is -2.25. The summed E-state index contributed by atoms with van der Waals surface area (Å²) in [5.74, 6) is -0.269. The van der Waals surface area contributed by atoms with Crippen LogP contribution in [0.1, 0.15) is 15.2 Å². The van der Waals surface area contributed by atoms with Crippen LogP contribution < -0.4 is 10.3 Å². The predicted molar refractivity (Wildman–Crippen MR) is 86.6 cm³/mol. The highest BCUT2D eigenvalue weighted by Crippen LogP contribution is 2.25. The fraction of sp³-hybridized carbons (Fsp3) is 0.267. The molecule has 6 nitrogen and oxygen atoms in total. The molecule has 7 heteroatoms. The van der Waals surface area contributed by atoms with Gasteiger partial charge in [0.05, 0.1) is 30.0 Å². The number of amides is 1. The number of pyridine rings is 1. The van der Waals surface area contributed by atoms with E-state index in [1.807, 2.05) is 6.07 Å². The Morgan fingerprint density at radius 3 is 3.00 bits per heavy atom. The molecule has 114 valence electrons. The van der Waals surface area contributed by atoms with E-state index in [-0.39, 0.29) is 5.91 Å². The summed E-state index contributed by atoms with van der Waals surface area (Å²) in [7, 11) is 0. The number of nitrogens with one attached hydrogen (secondary N) is 1. The van der Waals surface area contributed by atoms with Crippen molar-refractivity contribution in [1.82, 2.24) is 10.4 Å². The topological polar surface area (TPSA) is 66.8 Å². The van der Waals surface area contributed by atoms with E-state index in [0.717, 1.165) is 31.2 Å². The molecule has 3 heterocycles. The summed E-state index contributed by atoms with van der Waals surface area (Å²) in [6, 6.07) is 7.47. The predicted octanol–water partition coefficient (Wildman–Crippen LogP) is 1.74. The minimum absolute atomic E-state index is 0.269. The Morgan fingerprint density at radius 1 is 1.36 bits per heavy atom. The number of ether oxygens (including phenoxy) is 1. The number of carbonyl (C=O) groups is 1. The molecule has 0 aromatic carbocycles. The molecule has 0 aliphatic carbocycles. The first-order valence-corrected chi connectivity index (χ1v) is 7.80. The monoisotopic (exact) mass is 316 g/mol. The van der Waals surface area contributed by atoms with E-state index in [1.165, 1.54) is 11.2 Å². The zero-order valence-corrected chi connectivity index (χ0v) is 12.8. The molecule has 3 rings (SSSR count). The van der Waals surface area contributed by atoms with Gasteiger partial charge < -0.3 is 9.64 Å². The van der Waals surface area contributed by atoms with Crippen LogP contribution in [-0.2, 0) is 4.74 Å². The first kappa shape index (κ1) is 14.7. The van der Waals surface area contributed by atoms with Crippen molar-refractivity contribution in [2.75, 3.05) is 31.2 Å². The number of carbonyl (C=O) groups excluding carboxylic acids is 1. The highest BCUT2D eigenvalue weighted by molar-refractivity contribution is 7.17. The minimum Gasteiger partial charge on any atom is -0.378 e. The fourth-order valence-corrected chi connectivity index (χ4v) is 3.01. The third-order valence-electron chi connectivity index (χ3n) is 3.22. The first-order valence-electron chi connectivity index (χ1n) is 6.99. The second-order valence-electron chi connectivity index (χ2n) is 4.72. The minimum atomic E-state index is -0.269. The van der Waals surface area contributed by atoms with Crippen molar-refractivity contribution in [2.24, 2.45) is 5.10 Å². The number of hydrogen-bond donors (Lipinski definition) is 1. The summed E-state index contributed by atoms with van der Waals surface area (Å²) in [6.45, 7) is 3.36. The summed E-state index contributed by atoms with van der Waals surface area (Å²) in [5.41, 5.74) is 2.99. The molecule has 1 amide bonds. The van der Waals surface area contributed by atoms with Crippen LogP contribution in [-0.4, -0.2) is 43.4 Å². The van der Waals surface area contributed by atoms with E-state index >= 15 is 0 Å². The summed E-state index contributed by atoms with van der Waals surface area (Å²) in [5, 5.41) is 5.19. The average molecular weight is 316 g/mol. The summed E-state index contributed by atoms with van der Waals surface area (Å²) < 4.78 is 5.35. The Morgan fingerprint density at radius 2 is 2.23 bits per heavy atom. The van der Waals surface area contributed by atoms with Crippen molar-refractivity contribution in [2.45, 2.75) is 0 Å². The van der Waals surface area contributed by atoms with E-state index in [1.54, 1.807) is 35.9 Å². The molecule has 22 heavy (non-hydrogen) atoms. The molecule has 0 spiro atoms. The summed E-state index contributed by atoms with van der Waals surface area (Å²) in [4.78, 5) is 19.0. The van der Waals surface area contributed by atoms with E-state index in [9.17, 15) is 4.79 Å². The Balaban J connectivity index is 1.57. The molecule has 1 saturated heterocycles. The molecule has 0 radical (unpaired) electrons. The van der Waals surface area contributed by atoms with Crippen LogP contribution in [0.5, 0.6) is 0 Å². The van der Waals surface area contributed by atoms with Crippen LogP contribution in [0.2, 0.25) is 0 Å². The highest BCUT2D eigenvalue weighted by atomic mass is 32.1. The summed E-state index contributed by atoms with van der Waals surface area (Å²) >= 11 is 1.64. The number of hydrogen-bond acceptors (Lipinski definition) is 6. The third-order valence-corrected chi connectivity index (χ3v) is 4.30. The van der Waals surface area contributed by atoms with Gasteiger partial charge in [-0.05, 0) is 24.3 Å². The maximum Gasteiger partial charge on any atom is 0.272 e. The van der Waals surface area contributed by atoms with E-state index < -0.39 is 0 Å². The zero-order chi connectivity index (χ0) is 15.2. The van der Waals surface area contributed by atoms with Crippen LogP contribution in [0.25, 0.3) is 0 Å². The highest BCUT2D eigenvalue weighted by Gasteiger charge is 2.12. The number of rotatable bonds is 4. The average Bonchev–Trinajstić information content (AvgIpc) is 3.05. The lowest BCUT2D eigenvalue weighted by Crippen LogP contribution is -2.35. The van der Waals surface area contributed by atoms with E-state index in [4.69, 9.17) is 4.74 Å². The number of aromatic nitrogens is 1. The van der Waals surface area contributed by atoms with Gasteiger partial charge in [0.1, 0.15) is 0 Å². The van der Waals surface area contributed by atoms with Crippen molar-refractivity contribution in [3.05, 3.63) is 47.1 Å². The molecule has 0 unspecified atom stereocenters. The Bertz CT molecular complexity index is 651. The maximum atomic E-state index is 11.8. The number of nitrogens with zero attached hydrogens (tertiary/aromatic N) is 3. The second-order valence-corrected chi connectivity index (χ2v) is 5.81. The van der Waals surface area contributed by atoms with Gasteiger partial charge in [-0.3, -0.25) is 9.78 Å². The number of thiophene rings is 1. The zero-order valence-electron chi connectivity index (χ0n) is 11.9. The van der Waals surface area contributed by atoms with E-state index in [2.05, 4.69) is 26.5 Å². The molecule has 0 saturated carbocycles. The lowest BCUT2D eigenvalue weighted by molar-refractivity contribution is 0.0955. The SMILES string of the molecule is O=C(NN=Cc1ccc(N2CCOCC2)s1)c1cccnc1. The molecule has 1 N–H and O–H groups in total. The van der Waals surface area contributed by atoms with Crippen molar-refractivity contribution in [3.8, 4) is 0 Å². The fourth-order valence-electron chi connectivity index (χ4n) is 2.08. The number of anilines is 1. The first-order chi connectivity index (χ1) is 10.8. The maximum absolute atomic E-state index is 11.8. The number of hydrazone groups is 1. The molecular formula is C15H16N4O2S. The standard InChI is InChI=1S/C15H16N4O2S/c20-15(12-2-1-5-16-10-12)18-17-11-13-3-4-14(22-13)19-6-8-21-9-7-19/h1-5,10-11H,6-9H2,(H,18,20). The van der Waals surface area contributed by atoms with Crippen molar-refractivity contribution < 1.29 is 9.53 Å². The van der Waals surface area contributed by atoms with Crippen LogP contribution >= 0.6 is 11.3 Å². The third kappa shape index (κ3) is 3.69. The molecule has 1 fully saturated rings. The van der Waals surface area contributed by atoms with Gasteiger partial charge in [0.15, 0.2) is 0 Å². The molecule has 2 aromatic rings. The van der Waals surface area contributed by atoms with Gasteiger partial charge in [0, 0.05) is 30.4 Å². The van der Waals surface area contributed by atoms with E-state index in [0.29, 0.717) is 5.56 Å². The lowest BCUT2D eigenvalue weighted by Gasteiger charge is -2.27. The van der Waals surface area contributed by atoms with Crippen LogP contribution in [0.3, 0.4) is 0 Å². The molecule has 0 bridgehead atoms. The van der Waals surface area contributed by atoms with Gasteiger partial charge in [0.2, 0.25) is 0 Å². The molecular weight excluding hydrogens is 300 g/mol. The quantitative estimate of drug-likeness (QED) is 0.689. The lowest BCUT2D eigenvalue weighted by atomic mass is 10.3. The van der Waals surface area contributed by atoms with Crippen LogP contribution in [0.4, 0.5) is 5.00 Å². The number of morpholine rings is 1. The Kier molecular flexibility index (Phi) is 4.77. The normalized spacial score (nSPS) is 15.2. The second kappa shape index (κ2) is 7.15. The van der Waals surface area contributed by atoms with Crippen LogP contribution in [0.15, 0.2) is 41.8 Å². The van der Waals surface area contributed by atoms with Gasteiger partial charge in [-0.1, -0.05) is 0 Å². The van der Waals surface area contributed by atoms with Gasteiger partial charge in [-0.2, -0.15) is 5.10 Å². The summed E-state index contributed by atoms with van der Waals surface area (Å²) in [6.07, 6.45) is 4.79. The van der Waals surface area contributed by atoms with Crippen molar-refractivity contribution in [1.29, 1.82) is 0 Å². The molecule has 1 aliphatic rings. The molecule has 1 aliphatic heterocycles.